The average molecular weight is 308 g/mol. The highest BCUT2D eigenvalue weighted by molar-refractivity contribution is 6.30. The predicted octanol–water partition coefficient (Wildman–Crippen LogP) is 4.45. The van der Waals surface area contributed by atoms with Crippen molar-refractivity contribution in [2.75, 3.05) is 6.54 Å². The maximum atomic E-state index is 6.05. The molecule has 1 heterocycles. The van der Waals surface area contributed by atoms with Crippen molar-refractivity contribution in [3.05, 3.63) is 28.8 Å². The number of hydrogen-bond acceptors (Lipinski definition) is 2. The number of ether oxygens (including phenoxy) is 1. The molecule has 1 N–H and O–H groups in total. The van der Waals surface area contributed by atoms with Crippen molar-refractivity contribution < 1.29 is 4.74 Å². The fourth-order valence-electron chi connectivity index (χ4n) is 3.90. The van der Waals surface area contributed by atoms with E-state index in [1.165, 1.54) is 31.2 Å². The summed E-state index contributed by atoms with van der Waals surface area (Å²) in [6, 6.07) is 6.60. The molecule has 0 bridgehead atoms. The van der Waals surface area contributed by atoms with Crippen LogP contribution in [0.3, 0.4) is 0 Å². The normalized spacial score (nSPS) is 28.5. The van der Waals surface area contributed by atoms with Crippen molar-refractivity contribution in [2.24, 2.45) is 11.8 Å². The average Bonchev–Trinajstić information content (AvgIpc) is 2.87. The van der Waals surface area contributed by atoms with Gasteiger partial charge in [0.2, 0.25) is 0 Å². The molecular formula is C18H26ClNO. The van der Waals surface area contributed by atoms with Crippen LogP contribution in [-0.4, -0.2) is 18.7 Å². The van der Waals surface area contributed by atoms with E-state index in [-0.39, 0.29) is 6.10 Å². The van der Waals surface area contributed by atoms with Gasteiger partial charge in [-0.25, -0.2) is 0 Å². The molecule has 2 aliphatic rings. The van der Waals surface area contributed by atoms with Crippen molar-refractivity contribution >= 4 is 11.6 Å². The van der Waals surface area contributed by atoms with Crippen LogP contribution in [0.15, 0.2) is 18.2 Å². The molecule has 1 aromatic carbocycles. The SMILES string of the molecule is CC(C)C1CCCCC1NCC1Cc2cc(Cl)ccc2O1. The first kappa shape index (κ1) is 15.2. The van der Waals surface area contributed by atoms with Gasteiger partial charge in [0.1, 0.15) is 11.9 Å². The number of benzene rings is 1. The molecule has 3 rings (SSSR count). The summed E-state index contributed by atoms with van der Waals surface area (Å²) in [5.41, 5.74) is 1.25. The Balaban J connectivity index is 1.54. The first-order valence-corrected chi connectivity index (χ1v) is 8.69. The number of hydrogen-bond donors (Lipinski definition) is 1. The van der Waals surface area contributed by atoms with Crippen molar-refractivity contribution in [1.82, 2.24) is 5.32 Å². The second-order valence-corrected chi connectivity index (χ2v) is 7.34. The Bertz CT molecular complexity index is 488. The molecule has 2 nitrogen and oxygen atoms in total. The van der Waals surface area contributed by atoms with E-state index in [0.717, 1.165) is 35.6 Å². The molecule has 3 atom stereocenters. The van der Waals surface area contributed by atoms with Crippen LogP contribution in [0.1, 0.15) is 45.1 Å². The van der Waals surface area contributed by atoms with Gasteiger partial charge in [-0.2, -0.15) is 0 Å². The summed E-state index contributed by atoms with van der Waals surface area (Å²) in [4.78, 5) is 0. The molecule has 1 aromatic rings. The fraction of sp³-hybridized carbons (Fsp3) is 0.667. The zero-order valence-corrected chi connectivity index (χ0v) is 13.8. The summed E-state index contributed by atoms with van der Waals surface area (Å²) in [6.07, 6.45) is 6.67. The predicted molar refractivity (Wildman–Crippen MR) is 88.2 cm³/mol. The van der Waals surface area contributed by atoms with Crippen LogP contribution in [0.4, 0.5) is 0 Å². The lowest BCUT2D eigenvalue weighted by Crippen LogP contribution is -2.44. The van der Waals surface area contributed by atoms with E-state index in [0.29, 0.717) is 6.04 Å². The lowest BCUT2D eigenvalue weighted by molar-refractivity contribution is 0.172. The monoisotopic (exact) mass is 307 g/mol. The molecule has 0 saturated heterocycles. The molecule has 3 unspecified atom stereocenters. The Morgan fingerprint density at radius 1 is 1.29 bits per heavy atom. The van der Waals surface area contributed by atoms with Gasteiger partial charge >= 0.3 is 0 Å². The molecule has 0 spiro atoms. The van der Waals surface area contributed by atoms with E-state index in [4.69, 9.17) is 16.3 Å². The Hall–Kier alpha value is -0.730. The van der Waals surface area contributed by atoms with Crippen LogP contribution < -0.4 is 10.1 Å². The number of nitrogens with one attached hydrogen (secondary N) is 1. The van der Waals surface area contributed by atoms with E-state index in [1.807, 2.05) is 18.2 Å². The quantitative estimate of drug-likeness (QED) is 0.887. The van der Waals surface area contributed by atoms with Crippen LogP contribution in [0.2, 0.25) is 5.02 Å². The molecule has 21 heavy (non-hydrogen) atoms. The first-order chi connectivity index (χ1) is 10.1. The summed E-state index contributed by atoms with van der Waals surface area (Å²) >= 11 is 6.05. The minimum Gasteiger partial charge on any atom is -0.488 e. The van der Waals surface area contributed by atoms with E-state index in [1.54, 1.807) is 0 Å². The molecule has 1 aliphatic carbocycles. The van der Waals surface area contributed by atoms with Crippen molar-refractivity contribution in [3.63, 3.8) is 0 Å². The Morgan fingerprint density at radius 2 is 2.10 bits per heavy atom. The Morgan fingerprint density at radius 3 is 2.90 bits per heavy atom. The standard InChI is InChI=1S/C18H26ClNO/c1-12(2)16-5-3-4-6-17(16)20-11-15-10-13-9-14(19)7-8-18(13)21-15/h7-9,12,15-17,20H,3-6,10-11H2,1-2H3. The van der Waals surface area contributed by atoms with Gasteiger partial charge in [-0.1, -0.05) is 38.3 Å². The maximum Gasteiger partial charge on any atom is 0.123 e. The molecule has 0 aromatic heterocycles. The maximum absolute atomic E-state index is 6.05. The van der Waals surface area contributed by atoms with Gasteiger partial charge in [0.05, 0.1) is 0 Å². The van der Waals surface area contributed by atoms with Gasteiger partial charge in [0, 0.05) is 24.0 Å². The molecule has 1 fully saturated rings. The largest absolute Gasteiger partial charge is 0.488 e. The highest BCUT2D eigenvalue weighted by Crippen LogP contribution is 2.32. The third-order valence-electron chi connectivity index (χ3n) is 5.05. The molecule has 1 aliphatic heterocycles. The second-order valence-electron chi connectivity index (χ2n) is 6.90. The van der Waals surface area contributed by atoms with Crippen molar-refractivity contribution in [1.29, 1.82) is 0 Å². The highest BCUT2D eigenvalue weighted by atomic mass is 35.5. The van der Waals surface area contributed by atoms with Gasteiger partial charge in [0.25, 0.3) is 0 Å². The number of fused-ring (bicyclic) bond motifs is 1. The van der Waals surface area contributed by atoms with Gasteiger partial charge < -0.3 is 10.1 Å². The summed E-state index contributed by atoms with van der Waals surface area (Å²) in [7, 11) is 0. The molecule has 3 heteroatoms. The van der Waals surface area contributed by atoms with E-state index < -0.39 is 0 Å². The minimum atomic E-state index is 0.258. The van der Waals surface area contributed by atoms with Crippen LogP contribution in [-0.2, 0) is 6.42 Å². The molecule has 1 saturated carbocycles. The summed E-state index contributed by atoms with van der Waals surface area (Å²) in [6.45, 7) is 5.66. The lowest BCUT2D eigenvalue weighted by atomic mass is 9.78. The van der Waals surface area contributed by atoms with E-state index >= 15 is 0 Å². The van der Waals surface area contributed by atoms with Gasteiger partial charge in [-0.15, -0.1) is 0 Å². The summed E-state index contributed by atoms with van der Waals surface area (Å²) < 4.78 is 6.03. The lowest BCUT2D eigenvalue weighted by Gasteiger charge is -2.35. The topological polar surface area (TPSA) is 21.3 Å². The fourth-order valence-corrected chi connectivity index (χ4v) is 4.09. The zero-order valence-electron chi connectivity index (χ0n) is 13.1. The van der Waals surface area contributed by atoms with E-state index in [2.05, 4.69) is 19.2 Å². The minimum absolute atomic E-state index is 0.258. The first-order valence-electron chi connectivity index (χ1n) is 8.32. The number of halogens is 1. The summed E-state index contributed by atoms with van der Waals surface area (Å²) in [5.74, 6) is 2.59. The molecule has 116 valence electrons. The second kappa shape index (κ2) is 6.58. The van der Waals surface area contributed by atoms with Gasteiger partial charge in [0.15, 0.2) is 0 Å². The number of rotatable bonds is 4. The third kappa shape index (κ3) is 3.54. The van der Waals surface area contributed by atoms with Crippen LogP contribution in [0, 0.1) is 11.8 Å². The third-order valence-corrected chi connectivity index (χ3v) is 5.28. The van der Waals surface area contributed by atoms with Crippen LogP contribution in [0.5, 0.6) is 5.75 Å². The zero-order chi connectivity index (χ0) is 14.8. The Kier molecular flexibility index (Phi) is 4.75. The Labute approximate surface area is 133 Å². The van der Waals surface area contributed by atoms with Crippen molar-refractivity contribution in [3.8, 4) is 5.75 Å². The van der Waals surface area contributed by atoms with Crippen LogP contribution in [0.25, 0.3) is 0 Å². The molecular weight excluding hydrogens is 282 g/mol. The van der Waals surface area contributed by atoms with E-state index in [9.17, 15) is 0 Å². The van der Waals surface area contributed by atoms with Crippen molar-refractivity contribution in [2.45, 2.75) is 58.1 Å². The highest BCUT2D eigenvalue weighted by Gasteiger charge is 2.29. The van der Waals surface area contributed by atoms with Gasteiger partial charge in [-0.3, -0.25) is 0 Å². The molecule has 0 amide bonds. The van der Waals surface area contributed by atoms with Crippen LogP contribution >= 0.6 is 11.6 Å². The smallest absolute Gasteiger partial charge is 0.123 e. The van der Waals surface area contributed by atoms with Gasteiger partial charge in [-0.05, 0) is 48.4 Å². The summed E-state index contributed by atoms with van der Waals surface area (Å²) in [5, 5.41) is 4.59. The molecule has 0 radical (unpaired) electrons.